The van der Waals surface area contributed by atoms with Crippen molar-refractivity contribution in [2.24, 2.45) is 0 Å². The van der Waals surface area contributed by atoms with Gasteiger partial charge in [-0.2, -0.15) is 0 Å². The van der Waals surface area contributed by atoms with Crippen molar-refractivity contribution in [3.05, 3.63) is 99.6 Å². The van der Waals surface area contributed by atoms with Crippen LogP contribution >= 0.6 is 34.8 Å². The van der Waals surface area contributed by atoms with Crippen molar-refractivity contribution in [2.45, 2.75) is 0 Å². The van der Waals surface area contributed by atoms with E-state index < -0.39 is 11.8 Å². The third-order valence-electron chi connectivity index (χ3n) is 4.44. The number of hydrogen-bond donors (Lipinski definition) is 0. The van der Waals surface area contributed by atoms with Crippen LogP contribution < -0.4 is 9.80 Å². The number of nitrogens with zero attached hydrogens (tertiary/aromatic N) is 2. The molecule has 0 aromatic heterocycles. The summed E-state index contributed by atoms with van der Waals surface area (Å²) in [6, 6.07) is 25.9. The number of thiocarbonyl (C=S) groups is 1. The lowest BCUT2D eigenvalue weighted by molar-refractivity contribution is -0.120. The van der Waals surface area contributed by atoms with Crippen LogP contribution in [0.2, 0.25) is 0 Å². The van der Waals surface area contributed by atoms with Crippen molar-refractivity contribution in [3.8, 4) is 0 Å². The molecule has 0 spiro atoms. The average Bonchev–Trinajstić information content (AvgIpc) is 2.73. The SMILES string of the molecule is O=C1C(=Cc2cccc(I)c2)C(=O)N(c2ccccc2)C(=S)N1c1ccccc1. The van der Waals surface area contributed by atoms with E-state index in [2.05, 4.69) is 22.6 Å². The Kier molecular flexibility index (Phi) is 5.55. The Morgan fingerprint density at radius 3 is 1.72 bits per heavy atom. The molecule has 3 aromatic rings. The van der Waals surface area contributed by atoms with Gasteiger partial charge in [-0.05, 0) is 82.8 Å². The van der Waals surface area contributed by atoms with Crippen molar-refractivity contribution in [3.63, 3.8) is 0 Å². The van der Waals surface area contributed by atoms with E-state index in [0.717, 1.165) is 9.13 Å². The quantitative estimate of drug-likeness (QED) is 0.215. The zero-order chi connectivity index (χ0) is 20.4. The molecule has 29 heavy (non-hydrogen) atoms. The first-order valence-electron chi connectivity index (χ1n) is 8.86. The van der Waals surface area contributed by atoms with Gasteiger partial charge in [-0.25, -0.2) is 0 Å². The van der Waals surface area contributed by atoms with Crippen LogP contribution in [0.5, 0.6) is 0 Å². The highest BCUT2D eigenvalue weighted by Crippen LogP contribution is 2.29. The maximum absolute atomic E-state index is 13.3. The highest BCUT2D eigenvalue weighted by atomic mass is 127. The van der Waals surface area contributed by atoms with Gasteiger partial charge < -0.3 is 0 Å². The van der Waals surface area contributed by atoms with Crippen molar-refractivity contribution in [2.75, 3.05) is 9.80 Å². The monoisotopic (exact) mass is 510 g/mol. The van der Waals surface area contributed by atoms with Crippen LogP contribution in [0.25, 0.3) is 6.08 Å². The predicted octanol–water partition coefficient (Wildman–Crippen LogP) is 5.04. The second kappa shape index (κ2) is 8.26. The molecule has 0 N–H and O–H groups in total. The molecular weight excluding hydrogens is 495 g/mol. The zero-order valence-electron chi connectivity index (χ0n) is 15.2. The van der Waals surface area contributed by atoms with E-state index in [1.54, 1.807) is 30.3 Å². The molecule has 1 aliphatic heterocycles. The lowest BCUT2D eigenvalue weighted by atomic mass is 10.1. The average molecular weight is 510 g/mol. The van der Waals surface area contributed by atoms with Crippen LogP contribution in [0.1, 0.15) is 5.56 Å². The fourth-order valence-corrected chi connectivity index (χ4v) is 4.05. The van der Waals surface area contributed by atoms with E-state index in [9.17, 15) is 9.59 Å². The Labute approximate surface area is 187 Å². The lowest BCUT2D eigenvalue weighted by Crippen LogP contribution is -2.56. The largest absolute Gasteiger partial charge is 0.270 e. The summed E-state index contributed by atoms with van der Waals surface area (Å²) >= 11 is 7.79. The van der Waals surface area contributed by atoms with Crippen molar-refractivity contribution in [1.29, 1.82) is 0 Å². The fraction of sp³-hybridized carbons (Fsp3) is 0. The highest BCUT2D eigenvalue weighted by molar-refractivity contribution is 14.1. The number of carbonyl (C=O) groups excluding carboxylic acids is 2. The molecule has 4 nitrogen and oxygen atoms in total. The Balaban J connectivity index is 1.87. The Morgan fingerprint density at radius 2 is 1.24 bits per heavy atom. The number of para-hydroxylation sites is 2. The number of hydrogen-bond acceptors (Lipinski definition) is 3. The van der Waals surface area contributed by atoms with Crippen LogP contribution in [0.15, 0.2) is 90.5 Å². The molecule has 142 valence electrons. The summed E-state index contributed by atoms with van der Waals surface area (Å²) in [5.74, 6) is -0.866. The van der Waals surface area contributed by atoms with Gasteiger partial charge in [0.2, 0.25) is 0 Å². The van der Waals surface area contributed by atoms with E-state index in [1.807, 2.05) is 60.7 Å². The van der Waals surface area contributed by atoms with Gasteiger partial charge in [0.1, 0.15) is 5.57 Å². The van der Waals surface area contributed by atoms with E-state index in [4.69, 9.17) is 12.2 Å². The first-order valence-corrected chi connectivity index (χ1v) is 10.4. The third kappa shape index (κ3) is 3.86. The van der Waals surface area contributed by atoms with Crippen LogP contribution in [-0.2, 0) is 9.59 Å². The van der Waals surface area contributed by atoms with Gasteiger partial charge in [-0.15, -0.1) is 0 Å². The summed E-state index contributed by atoms with van der Waals surface area (Å²) in [5.41, 5.74) is 2.07. The summed E-state index contributed by atoms with van der Waals surface area (Å²) in [6.07, 6.45) is 1.63. The first kappa shape index (κ1) is 19.5. The molecule has 1 fully saturated rings. The number of amides is 2. The molecule has 2 amide bonds. The van der Waals surface area contributed by atoms with Crippen molar-refractivity contribution in [1.82, 2.24) is 0 Å². The molecule has 4 rings (SSSR count). The summed E-state index contributed by atoms with van der Waals surface area (Å²) in [6.45, 7) is 0. The van der Waals surface area contributed by atoms with Crippen LogP contribution in [0.3, 0.4) is 0 Å². The van der Waals surface area contributed by atoms with Gasteiger partial charge in [0.25, 0.3) is 11.8 Å². The Morgan fingerprint density at radius 1 is 0.724 bits per heavy atom. The standard InChI is InChI=1S/C23H15IN2O2S/c24-17-9-7-8-16(14-17)15-20-21(27)25(18-10-3-1-4-11-18)23(29)26(22(20)28)19-12-5-2-6-13-19/h1-15H. The number of rotatable bonds is 3. The van der Waals surface area contributed by atoms with Gasteiger partial charge in [-0.3, -0.25) is 19.4 Å². The molecule has 1 heterocycles. The number of anilines is 2. The van der Waals surface area contributed by atoms with Crippen molar-refractivity contribution < 1.29 is 9.59 Å². The minimum absolute atomic E-state index is 0.0632. The molecule has 0 saturated carbocycles. The predicted molar refractivity (Wildman–Crippen MR) is 128 cm³/mol. The molecule has 0 radical (unpaired) electrons. The zero-order valence-corrected chi connectivity index (χ0v) is 18.1. The summed E-state index contributed by atoms with van der Waals surface area (Å²) < 4.78 is 1.02. The van der Waals surface area contributed by atoms with Gasteiger partial charge in [0.15, 0.2) is 5.11 Å². The summed E-state index contributed by atoms with van der Waals surface area (Å²) in [7, 11) is 0. The molecule has 1 saturated heterocycles. The summed E-state index contributed by atoms with van der Waals surface area (Å²) in [5, 5.41) is 0.136. The maximum Gasteiger partial charge on any atom is 0.270 e. The Hall–Kier alpha value is -2.84. The second-order valence-electron chi connectivity index (χ2n) is 6.35. The molecule has 0 atom stereocenters. The van der Waals surface area contributed by atoms with Gasteiger partial charge in [0, 0.05) is 3.57 Å². The van der Waals surface area contributed by atoms with E-state index in [-0.39, 0.29) is 10.7 Å². The molecule has 6 heteroatoms. The van der Waals surface area contributed by atoms with E-state index >= 15 is 0 Å². The van der Waals surface area contributed by atoms with Gasteiger partial charge in [-0.1, -0.05) is 48.5 Å². The molecule has 3 aromatic carbocycles. The van der Waals surface area contributed by atoms with Crippen LogP contribution in [-0.4, -0.2) is 16.9 Å². The number of carbonyl (C=O) groups is 2. The topological polar surface area (TPSA) is 40.6 Å². The van der Waals surface area contributed by atoms with Gasteiger partial charge in [0.05, 0.1) is 11.4 Å². The normalized spacial score (nSPS) is 14.4. The maximum atomic E-state index is 13.3. The summed E-state index contributed by atoms with van der Waals surface area (Å²) in [4.78, 5) is 29.5. The molecule has 0 unspecified atom stereocenters. The van der Waals surface area contributed by atoms with Crippen molar-refractivity contribution >= 4 is 69.2 Å². The lowest BCUT2D eigenvalue weighted by Gasteiger charge is -2.36. The minimum atomic E-state index is -0.433. The minimum Gasteiger partial charge on any atom is -0.268 e. The van der Waals surface area contributed by atoms with E-state index in [1.165, 1.54) is 9.80 Å². The van der Waals surface area contributed by atoms with Crippen LogP contribution in [0.4, 0.5) is 11.4 Å². The van der Waals surface area contributed by atoms with E-state index in [0.29, 0.717) is 11.4 Å². The Bertz CT molecular complexity index is 1070. The fourth-order valence-electron chi connectivity index (χ4n) is 3.10. The highest BCUT2D eigenvalue weighted by Gasteiger charge is 2.41. The molecule has 0 bridgehead atoms. The first-order chi connectivity index (χ1) is 14.1. The second-order valence-corrected chi connectivity index (χ2v) is 7.96. The molecular formula is C23H15IN2O2S. The number of benzene rings is 3. The van der Waals surface area contributed by atoms with Crippen LogP contribution in [0, 0.1) is 3.57 Å². The smallest absolute Gasteiger partial charge is 0.268 e. The third-order valence-corrected chi connectivity index (χ3v) is 5.47. The number of halogens is 1. The van der Waals surface area contributed by atoms with Gasteiger partial charge >= 0.3 is 0 Å². The molecule has 1 aliphatic rings. The molecule has 0 aliphatic carbocycles.